The van der Waals surface area contributed by atoms with Gasteiger partial charge in [-0.2, -0.15) is 0 Å². The van der Waals surface area contributed by atoms with Crippen LogP contribution < -0.4 is 9.80 Å². The van der Waals surface area contributed by atoms with Crippen LogP contribution in [-0.4, -0.2) is 10.1 Å². The molecule has 1 aliphatic rings. The fourth-order valence-electron chi connectivity index (χ4n) is 4.98. The van der Waals surface area contributed by atoms with Gasteiger partial charge in [0.05, 0.1) is 5.69 Å². The molecule has 0 spiro atoms. The average Bonchev–Trinajstić information content (AvgIpc) is 3.37. The van der Waals surface area contributed by atoms with E-state index < -0.39 is 0 Å². The average molecular weight is 746 g/mol. The van der Waals surface area contributed by atoms with E-state index in [-0.39, 0.29) is 30.9 Å². The Morgan fingerprint density at radius 3 is 1.88 bits per heavy atom. The second-order valence-corrected chi connectivity index (χ2v) is 12.6. The van der Waals surface area contributed by atoms with Crippen LogP contribution in [0, 0.1) is 12.7 Å². The standard InChI is InChI=1S/C27H31N2O.C11H8N.Ir/c1-26(2,3)19-16-21(27(4,5)6)25(30)24(17-19)29-18-28(20-12-8-7-9-13-20)22-14-10-11-15-23(22)29;1-2-6-10(7-3-1)11-8-4-5-9-12-11;/h7-18,30H,1-6H3;1-6,8-9H;/q2*-1;. The van der Waals surface area contributed by atoms with Crippen molar-refractivity contribution < 1.29 is 25.2 Å². The molecule has 0 saturated carbocycles. The molecule has 43 heavy (non-hydrogen) atoms. The Labute approximate surface area is 270 Å². The van der Waals surface area contributed by atoms with E-state index in [4.69, 9.17) is 0 Å². The normalized spacial score (nSPS) is 12.6. The van der Waals surface area contributed by atoms with E-state index in [1.165, 1.54) is 5.56 Å². The van der Waals surface area contributed by atoms with Crippen LogP contribution in [0.25, 0.3) is 11.3 Å². The Morgan fingerprint density at radius 2 is 1.30 bits per heavy atom. The van der Waals surface area contributed by atoms with Crippen molar-refractivity contribution in [2.24, 2.45) is 0 Å². The summed E-state index contributed by atoms with van der Waals surface area (Å²) in [5.74, 6) is 0.344. The van der Waals surface area contributed by atoms with E-state index in [1.54, 1.807) is 6.20 Å². The van der Waals surface area contributed by atoms with Crippen molar-refractivity contribution >= 4 is 22.7 Å². The SMILES string of the molecule is CC(C)(C)c1cc(N2[CH-]N(c3ccccc3)c3ccccc32)c(O)c(C(C)(C)C)c1.[Ir].[c-]1ccccc1-c1ccccn1. The summed E-state index contributed by atoms with van der Waals surface area (Å²) in [5.41, 5.74) is 8.06. The Balaban J connectivity index is 0.000000272. The molecule has 5 heteroatoms. The molecule has 2 heterocycles. The second kappa shape index (κ2) is 13.2. The number of phenolic OH excluding ortho intramolecular Hbond substituents is 1. The van der Waals surface area contributed by atoms with Gasteiger partial charge < -0.3 is 19.9 Å². The summed E-state index contributed by atoms with van der Waals surface area (Å²) >= 11 is 0. The zero-order valence-corrected chi connectivity index (χ0v) is 28.1. The summed E-state index contributed by atoms with van der Waals surface area (Å²) in [4.78, 5) is 8.51. The smallest absolute Gasteiger partial charge is 0.140 e. The first-order valence-electron chi connectivity index (χ1n) is 14.4. The number of pyridine rings is 1. The van der Waals surface area contributed by atoms with Gasteiger partial charge >= 0.3 is 0 Å². The maximum absolute atomic E-state index is 11.4. The van der Waals surface area contributed by atoms with E-state index in [0.717, 1.165) is 39.6 Å². The summed E-state index contributed by atoms with van der Waals surface area (Å²) in [6.07, 6.45) is 1.79. The molecule has 5 aromatic rings. The third-order valence-electron chi connectivity index (χ3n) is 7.34. The maximum Gasteiger partial charge on any atom is 0.140 e. The first-order chi connectivity index (χ1) is 20.0. The Hall–Kier alpha value is -3.92. The van der Waals surface area contributed by atoms with Gasteiger partial charge in [-0.1, -0.05) is 90.1 Å². The van der Waals surface area contributed by atoms with Gasteiger partial charge in [-0.05, 0) is 58.5 Å². The minimum absolute atomic E-state index is 0. The van der Waals surface area contributed by atoms with Crippen molar-refractivity contribution in [1.82, 2.24) is 4.98 Å². The van der Waals surface area contributed by atoms with Crippen molar-refractivity contribution in [1.29, 1.82) is 0 Å². The zero-order valence-electron chi connectivity index (χ0n) is 25.7. The number of fused-ring (bicyclic) bond motifs is 1. The number of hydrogen-bond acceptors (Lipinski definition) is 4. The Morgan fingerprint density at radius 1 is 0.674 bits per heavy atom. The molecule has 1 radical (unpaired) electrons. The van der Waals surface area contributed by atoms with Crippen LogP contribution in [0.1, 0.15) is 52.7 Å². The first kappa shape index (κ1) is 32.0. The fraction of sp³-hybridized carbons (Fsp3) is 0.211. The van der Waals surface area contributed by atoms with Crippen molar-refractivity contribution in [2.75, 3.05) is 9.80 Å². The molecule has 0 atom stereocenters. The van der Waals surface area contributed by atoms with E-state index in [9.17, 15) is 5.11 Å². The van der Waals surface area contributed by atoms with Crippen LogP contribution in [0.3, 0.4) is 0 Å². The predicted molar refractivity (Wildman–Crippen MR) is 175 cm³/mol. The topological polar surface area (TPSA) is 39.6 Å². The predicted octanol–water partition coefficient (Wildman–Crippen LogP) is 9.94. The Bertz CT molecular complexity index is 1590. The molecule has 1 aliphatic heterocycles. The largest absolute Gasteiger partial charge is 0.506 e. The van der Waals surface area contributed by atoms with Crippen LogP contribution in [0.15, 0.2) is 115 Å². The number of aromatic hydroxyl groups is 1. The molecule has 0 aliphatic carbocycles. The van der Waals surface area contributed by atoms with E-state index in [1.807, 2.05) is 66.7 Å². The van der Waals surface area contributed by atoms with Crippen LogP contribution in [0.4, 0.5) is 22.7 Å². The molecule has 4 nitrogen and oxygen atoms in total. The number of benzene rings is 4. The van der Waals surface area contributed by atoms with E-state index >= 15 is 0 Å². The number of anilines is 4. The van der Waals surface area contributed by atoms with Crippen LogP contribution >= 0.6 is 0 Å². The van der Waals surface area contributed by atoms with Gasteiger partial charge in [0.1, 0.15) is 5.75 Å². The molecule has 1 N–H and O–H groups in total. The molecule has 223 valence electrons. The van der Waals surface area contributed by atoms with Crippen LogP contribution in [-0.2, 0) is 30.9 Å². The van der Waals surface area contributed by atoms with Crippen molar-refractivity contribution in [3.05, 3.63) is 139 Å². The molecule has 0 saturated heterocycles. The van der Waals surface area contributed by atoms with Gasteiger partial charge in [0.15, 0.2) is 0 Å². The monoisotopic (exact) mass is 746 g/mol. The minimum atomic E-state index is -0.168. The third-order valence-corrected chi connectivity index (χ3v) is 7.34. The van der Waals surface area contributed by atoms with Crippen molar-refractivity contribution in [2.45, 2.75) is 52.4 Å². The van der Waals surface area contributed by atoms with E-state index in [2.05, 4.69) is 112 Å². The molecule has 0 fully saturated rings. The van der Waals surface area contributed by atoms with Gasteiger partial charge in [0, 0.05) is 48.9 Å². The molecule has 4 aromatic carbocycles. The zero-order chi connectivity index (χ0) is 29.9. The van der Waals surface area contributed by atoms with Gasteiger partial charge in [0.2, 0.25) is 0 Å². The molecule has 1 aromatic heterocycles. The summed E-state index contributed by atoms with van der Waals surface area (Å²) in [5, 5.41) is 11.4. The summed E-state index contributed by atoms with van der Waals surface area (Å²) in [6.45, 7) is 15.2. The van der Waals surface area contributed by atoms with Gasteiger partial charge in [-0.25, -0.2) is 0 Å². The van der Waals surface area contributed by atoms with Gasteiger partial charge in [0.25, 0.3) is 0 Å². The Kier molecular flexibility index (Phi) is 9.79. The van der Waals surface area contributed by atoms with E-state index in [0.29, 0.717) is 5.75 Å². The number of para-hydroxylation sites is 3. The molecule has 6 rings (SSSR count). The first-order valence-corrected chi connectivity index (χ1v) is 14.4. The quantitative estimate of drug-likeness (QED) is 0.187. The summed E-state index contributed by atoms with van der Waals surface area (Å²) in [7, 11) is 0. The molecule has 0 unspecified atom stereocenters. The summed E-state index contributed by atoms with van der Waals surface area (Å²) in [6, 6.07) is 39.8. The molecule has 0 amide bonds. The van der Waals surface area contributed by atoms with Crippen LogP contribution in [0.2, 0.25) is 0 Å². The number of aromatic nitrogens is 1. The third kappa shape index (κ3) is 7.18. The fourth-order valence-corrected chi connectivity index (χ4v) is 4.98. The van der Waals surface area contributed by atoms with Crippen molar-refractivity contribution in [3.63, 3.8) is 0 Å². The number of phenols is 1. The molecular weight excluding hydrogens is 707 g/mol. The minimum Gasteiger partial charge on any atom is -0.506 e. The van der Waals surface area contributed by atoms with Crippen molar-refractivity contribution in [3.8, 4) is 17.0 Å². The number of hydrogen-bond donors (Lipinski definition) is 1. The van der Waals surface area contributed by atoms with Gasteiger partial charge in [-0.15, -0.1) is 42.6 Å². The number of nitrogens with zero attached hydrogens (tertiary/aromatic N) is 3. The second-order valence-electron chi connectivity index (χ2n) is 12.6. The summed E-state index contributed by atoms with van der Waals surface area (Å²) < 4.78 is 0. The number of rotatable bonds is 3. The van der Waals surface area contributed by atoms with Gasteiger partial charge in [-0.3, -0.25) is 0 Å². The maximum atomic E-state index is 11.4. The molecular formula is C38H39IrN3O-2. The molecule has 0 bridgehead atoms. The van der Waals surface area contributed by atoms with Crippen LogP contribution in [0.5, 0.6) is 5.75 Å².